The molecule has 0 bridgehead atoms. The summed E-state index contributed by atoms with van der Waals surface area (Å²) in [6, 6.07) is 6.74. The molecule has 0 aliphatic heterocycles. The van der Waals surface area contributed by atoms with E-state index in [2.05, 4.69) is 10.6 Å². The third-order valence-electron chi connectivity index (χ3n) is 2.81. The highest BCUT2D eigenvalue weighted by Crippen LogP contribution is 2.20. The van der Waals surface area contributed by atoms with Gasteiger partial charge in [0.2, 0.25) is 0 Å². The highest BCUT2D eigenvalue weighted by atomic mass is 35.5. The topological polar surface area (TPSA) is 61.4 Å². The number of carbonyl (C=O) groups is 1. The van der Waals surface area contributed by atoms with E-state index in [9.17, 15) is 9.90 Å². The first-order valence-corrected chi connectivity index (χ1v) is 7.39. The van der Waals surface area contributed by atoms with E-state index in [-0.39, 0.29) is 12.6 Å². The molecule has 0 fully saturated rings. The van der Waals surface area contributed by atoms with Crippen molar-refractivity contribution < 1.29 is 9.90 Å². The Labute approximate surface area is 126 Å². The largest absolute Gasteiger partial charge is 0.387 e. The molecule has 0 saturated carbocycles. The molecule has 0 radical (unpaired) electrons. The highest BCUT2D eigenvalue weighted by molar-refractivity contribution is 7.07. The molecular formula is C14H15ClN2O2S. The Bertz CT molecular complexity index is 587. The molecule has 0 aliphatic carbocycles. The number of thiophene rings is 1. The maximum atomic E-state index is 11.7. The van der Waals surface area contributed by atoms with Crippen molar-refractivity contribution in [3.8, 4) is 0 Å². The molecule has 20 heavy (non-hydrogen) atoms. The Morgan fingerprint density at radius 1 is 1.45 bits per heavy atom. The fraction of sp³-hybridized carbons (Fsp3) is 0.214. The van der Waals surface area contributed by atoms with Gasteiger partial charge in [0.15, 0.2) is 0 Å². The van der Waals surface area contributed by atoms with Crippen LogP contribution in [0.15, 0.2) is 35.0 Å². The average Bonchev–Trinajstić information content (AvgIpc) is 2.94. The number of anilines is 1. The van der Waals surface area contributed by atoms with E-state index in [4.69, 9.17) is 11.6 Å². The molecule has 4 nitrogen and oxygen atoms in total. The molecule has 6 heteroatoms. The number of carbonyl (C=O) groups excluding carboxylic acids is 1. The number of hydrogen-bond donors (Lipinski definition) is 3. The monoisotopic (exact) mass is 310 g/mol. The summed E-state index contributed by atoms with van der Waals surface area (Å²) in [5, 5.41) is 19.5. The molecule has 0 aliphatic rings. The zero-order chi connectivity index (χ0) is 14.5. The van der Waals surface area contributed by atoms with E-state index in [1.807, 2.05) is 29.8 Å². The van der Waals surface area contributed by atoms with E-state index >= 15 is 0 Å². The third-order valence-corrected chi connectivity index (χ3v) is 3.92. The lowest BCUT2D eigenvalue weighted by Crippen LogP contribution is -2.32. The summed E-state index contributed by atoms with van der Waals surface area (Å²) in [7, 11) is 0. The minimum atomic E-state index is -0.700. The molecule has 2 amide bonds. The van der Waals surface area contributed by atoms with Gasteiger partial charge in [-0.15, -0.1) is 0 Å². The van der Waals surface area contributed by atoms with Gasteiger partial charge in [-0.3, -0.25) is 0 Å². The molecule has 2 aromatic rings. The maximum absolute atomic E-state index is 11.7. The number of aryl methyl sites for hydroxylation is 1. The van der Waals surface area contributed by atoms with Gasteiger partial charge in [0, 0.05) is 17.3 Å². The van der Waals surface area contributed by atoms with Gasteiger partial charge in [-0.2, -0.15) is 11.3 Å². The smallest absolute Gasteiger partial charge is 0.319 e. The first kappa shape index (κ1) is 14.8. The number of halogens is 1. The van der Waals surface area contributed by atoms with Crippen molar-refractivity contribution in [3.05, 3.63) is 51.2 Å². The van der Waals surface area contributed by atoms with Crippen molar-refractivity contribution >= 4 is 34.7 Å². The summed E-state index contributed by atoms with van der Waals surface area (Å²) in [5.41, 5.74) is 2.36. The zero-order valence-corrected chi connectivity index (χ0v) is 12.5. The van der Waals surface area contributed by atoms with Gasteiger partial charge in [0.25, 0.3) is 0 Å². The second-order valence-corrected chi connectivity index (χ2v) is 5.56. The maximum Gasteiger partial charge on any atom is 0.319 e. The van der Waals surface area contributed by atoms with Gasteiger partial charge in [0.05, 0.1) is 6.10 Å². The van der Waals surface area contributed by atoms with E-state index in [1.165, 1.54) is 11.3 Å². The molecular weight excluding hydrogens is 296 g/mol. The highest BCUT2D eigenvalue weighted by Gasteiger charge is 2.10. The molecule has 1 heterocycles. The predicted molar refractivity (Wildman–Crippen MR) is 82.5 cm³/mol. The van der Waals surface area contributed by atoms with Gasteiger partial charge >= 0.3 is 6.03 Å². The van der Waals surface area contributed by atoms with E-state index in [0.29, 0.717) is 10.7 Å². The van der Waals surface area contributed by atoms with Crippen molar-refractivity contribution in [1.82, 2.24) is 5.32 Å². The van der Waals surface area contributed by atoms with Crippen LogP contribution >= 0.6 is 22.9 Å². The lowest BCUT2D eigenvalue weighted by Gasteiger charge is -2.12. The van der Waals surface area contributed by atoms with Crippen LogP contribution in [0.3, 0.4) is 0 Å². The molecule has 0 saturated heterocycles. The van der Waals surface area contributed by atoms with Crippen molar-refractivity contribution in [2.75, 3.05) is 11.9 Å². The summed E-state index contributed by atoms with van der Waals surface area (Å²) in [6.45, 7) is 2.05. The Morgan fingerprint density at radius 2 is 2.25 bits per heavy atom. The lowest BCUT2D eigenvalue weighted by atomic mass is 10.2. The third kappa shape index (κ3) is 3.96. The minimum absolute atomic E-state index is 0.155. The zero-order valence-electron chi connectivity index (χ0n) is 10.9. The Balaban J connectivity index is 1.85. The van der Waals surface area contributed by atoms with Crippen LogP contribution < -0.4 is 10.6 Å². The standard InChI is InChI=1S/C14H15ClN2O2S/c1-9-2-3-11(6-12(9)15)17-14(19)16-7-13(18)10-4-5-20-8-10/h2-6,8,13,18H,7H2,1H3,(H2,16,17,19). The van der Waals surface area contributed by atoms with Crippen LogP contribution in [0.25, 0.3) is 0 Å². The number of amides is 2. The molecule has 3 N–H and O–H groups in total. The summed E-state index contributed by atoms with van der Waals surface area (Å²) < 4.78 is 0. The fourth-order valence-electron chi connectivity index (χ4n) is 1.62. The van der Waals surface area contributed by atoms with Crippen molar-refractivity contribution in [2.24, 2.45) is 0 Å². The number of aliphatic hydroxyl groups is 1. The quantitative estimate of drug-likeness (QED) is 0.808. The summed E-state index contributed by atoms with van der Waals surface area (Å²) in [5.74, 6) is 0. The SMILES string of the molecule is Cc1ccc(NC(=O)NCC(O)c2ccsc2)cc1Cl. The molecule has 1 atom stereocenters. The van der Waals surface area contributed by atoms with E-state index < -0.39 is 6.10 Å². The van der Waals surface area contributed by atoms with Crippen LogP contribution in [0.2, 0.25) is 5.02 Å². The van der Waals surface area contributed by atoms with Gasteiger partial charge in [0.1, 0.15) is 0 Å². The van der Waals surface area contributed by atoms with Crippen molar-refractivity contribution in [2.45, 2.75) is 13.0 Å². The molecule has 106 valence electrons. The number of benzene rings is 1. The number of nitrogens with one attached hydrogen (secondary N) is 2. The Kier molecular flexibility index (Phi) is 5.00. The summed E-state index contributed by atoms with van der Waals surface area (Å²) in [6.07, 6.45) is -0.700. The molecule has 1 aromatic heterocycles. The lowest BCUT2D eigenvalue weighted by molar-refractivity contribution is 0.175. The first-order chi connectivity index (χ1) is 9.56. The predicted octanol–water partition coefficient (Wildman–Crippen LogP) is 3.57. The molecule has 1 aromatic carbocycles. The van der Waals surface area contributed by atoms with Crippen LogP contribution in [0.1, 0.15) is 17.2 Å². The fourth-order valence-corrected chi connectivity index (χ4v) is 2.51. The number of urea groups is 1. The summed E-state index contributed by atoms with van der Waals surface area (Å²) in [4.78, 5) is 11.7. The van der Waals surface area contributed by atoms with Crippen LogP contribution in [-0.4, -0.2) is 17.7 Å². The Morgan fingerprint density at radius 3 is 2.90 bits per heavy atom. The Hall–Kier alpha value is -1.56. The van der Waals surface area contributed by atoms with Crippen molar-refractivity contribution in [1.29, 1.82) is 0 Å². The van der Waals surface area contributed by atoms with Crippen LogP contribution in [-0.2, 0) is 0 Å². The second kappa shape index (κ2) is 6.74. The van der Waals surface area contributed by atoms with Crippen LogP contribution in [0, 0.1) is 6.92 Å². The van der Waals surface area contributed by atoms with Gasteiger partial charge in [-0.05, 0) is 47.0 Å². The normalized spacial score (nSPS) is 11.9. The summed E-state index contributed by atoms with van der Waals surface area (Å²) >= 11 is 7.49. The average molecular weight is 311 g/mol. The molecule has 0 spiro atoms. The first-order valence-electron chi connectivity index (χ1n) is 6.07. The van der Waals surface area contributed by atoms with Gasteiger partial charge < -0.3 is 15.7 Å². The van der Waals surface area contributed by atoms with Crippen molar-refractivity contribution in [3.63, 3.8) is 0 Å². The minimum Gasteiger partial charge on any atom is -0.387 e. The number of hydrogen-bond acceptors (Lipinski definition) is 3. The van der Waals surface area contributed by atoms with E-state index in [1.54, 1.807) is 12.1 Å². The molecule has 1 unspecified atom stereocenters. The van der Waals surface area contributed by atoms with Crippen LogP contribution in [0.4, 0.5) is 10.5 Å². The van der Waals surface area contributed by atoms with Crippen LogP contribution in [0.5, 0.6) is 0 Å². The van der Waals surface area contributed by atoms with E-state index in [0.717, 1.165) is 11.1 Å². The molecule has 2 rings (SSSR count). The number of aliphatic hydroxyl groups excluding tert-OH is 1. The number of rotatable bonds is 4. The second-order valence-electron chi connectivity index (χ2n) is 4.37. The van der Waals surface area contributed by atoms with Gasteiger partial charge in [-0.25, -0.2) is 4.79 Å². The van der Waals surface area contributed by atoms with Gasteiger partial charge in [-0.1, -0.05) is 17.7 Å².